The van der Waals surface area contributed by atoms with E-state index < -0.39 is 12.1 Å². The number of aliphatic carboxylic acids is 1. The summed E-state index contributed by atoms with van der Waals surface area (Å²) in [7, 11) is 0. The van der Waals surface area contributed by atoms with Crippen molar-refractivity contribution in [2.24, 2.45) is 34.5 Å². The van der Waals surface area contributed by atoms with Crippen LogP contribution in [0.4, 0.5) is 0 Å². The molecule has 2 fully saturated rings. The minimum atomic E-state index is -0.834. The van der Waals surface area contributed by atoms with E-state index in [0.29, 0.717) is 18.3 Å². The molecule has 2 aliphatic rings. The summed E-state index contributed by atoms with van der Waals surface area (Å²) in [6, 6.07) is 0. The number of carbonyl (C=O) groups is 2. The maximum Gasteiger partial charge on any atom is 0.303 e. The number of carboxylic acid groups (broad SMARTS) is 1. The number of fused-ring (bicyclic) bond motifs is 1. The fraction of sp³-hybridized carbons (Fsp3) is 0.900. The average molecular weight is 338 g/mol. The molecule has 0 bridgehead atoms. The van der Waals surface area contributed by atoms with Crippen LogP contribution in [0, 0.1) is 34.5 Å². The molecule has 0 aromatic rings. The third kappa shape index (κ3) is 3.26. The van der Waals surface area contributed by atoms with Crippen LogP contribution < -0.4 is 0 Å². The zero-order valence-corrected chi connectivity index (χ0v) is 15.8. The fourth-order valence-corrected chi connectivity index (χ4v) is 5.52. The standard InChI is InChI=1S/C20H34O4/c1-12(10-17(22)23)6-8-19(4)13(2)7-9-20(5)14(3)18(24)15(21)11-16(19)20/h12-16,21H,6-11H2,1-5H3,(H,22,23). The van der Waals surface area contributed by atoms with E-state index in [1.807, 2.05) is 13.8 Å². The Morgan fingerprint density at radius 2 is 1.96 bits per heavy atom. The normalized spacial score (nSPS) is 44.0. The van der Waals surface area contributed by atoms with Gasteiger partial charge in [-0.3, -0.25) is 9.59 Å². The summed E-state index contributed by atoms with van der Waals surface area (Å²) >= 11 is 0. The molecule has 0 saturated heterocycles. The second kappa shape index (κ2) is 6.78. The molecule has 0 radical (unpaired) electrons. The molecule has 0 spiro atoms. The van der Waals surface area contributed by atoms with Gasteiger partial charge in [-0.1, -0.05) is 34.6 Å². The molecule has 138 valence electrons. The average Bonchev–Trinajstić information content (AvgIpc) is 2.50. The molecule has 4 heteroatoms. The first kappa shape index (κ1) is 19.4. The first-order valence-electron chi connectivity index (χ1n) is 9.46. The van der Waals surface area contributed by atoms with E-state index in [-0.39, 0.29) is 34.9 Å². The first-order valence-corrected chi connectivity index (χ1v) is 9.46. The summed E-state index contributed by atoms with van der Waals surface area (Å²) < 4.78 is 0. The Morgan fingerprint density at radius 1 is 1.33 bits per heavy atom. The van der Waals surface area contributed by atoms with Crippen LogP contribution in [0.3, 0.4) is 0 Å². The minimum absolute atomic E-state index is 0.00454. The first-order chi connectivity index (χ1) is 11.0. The van der Waals surface area contributed by atoms with E-state index in [4.69, 9.17) is 5.11 Å². The van der Waals surface area contributed by atoms with Crippen LogP contribution in [0.25, 0.3) is 0 Å². The van der Waals surface area contributed by atoms with Crippen LogP contribution in [0.15, 0.2) is 0 Å². The van der Waals surface area contributed by atoms with Gasteiger partial charge in [0.05, 0.1) is 0 Å². The Kier molecular flexibility index (Phi) is 5.49. The summed E-state index contributed by atoms with van der Waals surface area (Å²) in [5.74, 6) is 0.168. The number of rotatable bonds is 5. The van der Waals surface area contributed by atoms with E-state index in [2.05, 4.69) is 20.8 Å². The summed E-state index contributed by atoms with van der Waals surface area (Å²) in [4.78, 5) is 23.3. The van der Waals surface area contributed by atoms with Crippen LogP contribution in [0.2, 0.25) is 0 Å². The lowest BCUT2D eigenvalue weighted by Crippen LogP contribution is -2.58. The Balaban J connectivity index is 2.22. The Labute approximate surface area is 146 Å². The summed E-state index contributed by atoms with van der Waals surface area (Å²) in [5.41, 5.74) is 0.00329. The highest BCUT2D eigenvalue weighted by Crippen LogP contribution is 2.62. The maximum absolute atomic E-state index is 12.3. The second-order valence-electron chi connectivity index (χ2n) is 9.12. The fourth-order valence-electron chi connectivity index (χ4n) is 5.52. The highest BCUT2D eigenvalue weighted by atomic mass is 16.4. The molecule has 0 aliphatic heterocycles. The number of Topliss-reactive ketones (excluding diaryl/α,β-unsaturated/α-hetero) is 1. The highest BCUT2D eigenvalue weighted by Gasteiger charge is 2.58. The number of carbonyl (C=O) groups excluding carboxylic acids is 1. The predicted molar refractivity (Wildman–Crippen MR) is 93.5 cm³/mol. The number of ketones is 1. The van der Waals surface area contributed by atoms with Crippen LogP contribution >= 0.6 is 0 Å². The number of carboxylic acids is 1. The summed E-state index contributed by atoms with van der Waals surface area (Å²) in [6.07, 6.45) is 3.94. The second-order valence-corrected chi connectivity index (χ2v) is 9.12. The van der Waals surface area contributed by atoms with Gasteiger partial charge in [0.2, 0.25) is 0 Å². The van der Waals surface area contributed by atoms with Gasteiger partial charge in [-0.25, -0.2) is 0 Å². The van der Waals surface area contributed by atoms with Gasteiger partial charge in [-0.15, -0.1) is 0 Å². The maximum atomic E-state index is 12.3. The monoisotopic (exact) mass is 338 g/mol. The summed E-state index contributed by atoms with van der Waals surface area (Å²) in [6.45, 7) is 10.8. The van der Waals surface area contributed by atoms with Gasteiger partial charge in [0.25, 0.3) is 0 Å². The van der Waals surface area contributed by atoms with Crippen molar-refractivity contribution < 1.29 is 19.8 Å². The molecular formula is C20H34O4. The third-order valence-electron chi connectivity index (χ3n) is 7.74. The van der Waals surface area contributed by atoms with Crippen molar-refractivity contribution >= 4 is 11.8 Å². The highest BCUT2D eigenvalue weighted by molar-refractivity contribution is 5.86. The molecule has 4 nitrogen and oxygen atoms in total. The van der Waals surface area contributed by atoms with Crippen molar-refractivity contribution in [1.29, 1.82) is 0 Å². The van der Waals surface area contributed by atoms with Crippen molar-refractivity contribution in [2.75, 3.05) is 0 Å². The molecule has 2 saturated carbocycles. The van der Waals surface area contributed by atoms with Crippen molar-refractivity contribution in [2.45, 2.75) is 79.2 Å². The zero-order valence-electron chi connectivity index (χ0n) is 15.8. The lowest BCUT2D eigenvalue weighted by Gasteiger charge is -2.60. The molecule has 2 aliphatic carbocycles. The largest absolute Gasteiger partial charge is 0.481 e. The molecule has 0 aromatic heterocycles. The summed E-state index contributed by atoms with van der Waals surface area (Å²) in [5, 5.41) is 19.3. The topological polar surface area (TPSA) is 74.6 Å². The molecule has 24 heavy (non-hydrogen) atoms. The van der Waals surface area contributed by atoms with Gasteiger partial charge in [0.15, 0.2) is 5.78 Å². The van der Waals surface area contributed by atoms with Gasteiger partial charge in [-0.2, -0.15) is 0 Å². The van der Waals surface area contributed by atoms with E-state index in [1.54, 1.807) is 0 Å². The van der Waals surface area contributed by atoms with Gasteiger partial charge < -0.3 is 10.2 Å². The molecule has 2 N–H and O–H groups in total. The molecule has 0 aromatic carbocycles. The van der Waals surface area contributed by atoms with Crippen LogP contribution in [0.1, 0.15) is 73.1 Å². The Hall–Kier alpha value is -0.900. The van der Waals surface area contributed by atoms with E-state index in [1.165, 1.54) is 0 Å². The number of aliphatic hydroxyl groups is 1. The van der Waals surface area contributed by atoms with E-state index >= 15 is 0 Å². The van der Waals surface area contributed by atoms with Crippen molar-refractivity contribution in [3.05, 3.63) is 0 Å². The molecule has 0 heterocycles. The lowest BCUT2D eigenvalue weighted by molar-refractivity contribution is -0.165. The Morgan fingerprint density at radius 3 is 2.54 bits per heavy atom. The van der Waals surface area contributed by atoms with Crippen LogP contribution in [-0.4, -0.2) is 28.1 Å². The molecule has 2 rings (SSSR count). The van der Waals surface area contributed by atoms with Crippen molar-refractivity contribution in [3.8, 4) is 0 Å². The van der Waals surface area contributed by atoms with Gasteiger partial charge in [0, 0.05) is 12.3 Å². The lowest BCUT2D eigenvalue weighted by atomic mass is 9.44. The number of hydrogen-bond donors (Lipinski definition) is 2. The minimum Gasteiger partial charge on any atom is -0.481 e. The van der Waals surface area contributed by atoms with E-state index in [0.717, 1.165) is 25.7 Å². The van der Waals surface area contributed by atoms with Gasteiger partial charge in [-0.05, 0) is 60.7 Å². The van der Waals surface area contributed by atoms with Crippen molar-refractivity contribution in [1.82, 2.24) is 0 Å². The predicted octanol–water partition coefficient (Wildman–Crippen LogP) is 3.91. The van der Waals surface area contributed by atoms with Gasteiger partial charge >= 0.3 is 5.97 Å². The van der Waals surface area contributed by atoms with Crippen LogP contribution in [0.5, 0.6) is 0 Å². The quantitative estimate of drug-likeness (QED) is 0.797. The third-order valence-corrected chi connectivity index (χ3v) is 7.74. The SMILES string of the molecule is CC(CCC1(C)C(C)CCC2(C)C(C)C(=O)C(O)CC12)CC(=O)O. The van der Waals surface area contributed by atoms with E-state index in [9.17, 15) is 14.7 Å². The zero-order chi connectivity index (χ0) is 18.3. The molecular weight excluding hydrogens is 304 g/mol. The number of aliphatic hydroxyl groups excluding tert-OH is 1. The van der Waals surface area contributed by atoms with Gasteiger partial charge in [0.1, 0.15) is 6.10 Å². The molecule has 7 unspecified atom stereocenters. The number of hydrogen-bond acceptors (Lipinski definition) is 3. The van der Waals surface area contributed by atoms with Crippen LogP contribution in [-0.2, 0) is 9.59 Å². The molecule has 0 amide bonds. The molecule has 7 atom stereocenters. The smallest absolute Gasteiger partial charge is 0.303 e. The Bertz CT molecular complexity index is 502. The van der Waals surface area contributed by atoms with Crippen molar-refractivity contribution in [3.63, 3.8) is 0 Å².